The second kappa shape index (κ2) is 3.11. The number of nitrogens with one attached hydrogen (secondary N) is 1. The van der Waals surface area contributed by atoms with Crippen molar-refractivity contribution in [2.45, 2.75) is 18.9 Å². The van der Waals surface area contributed by atoms with Crippen molar-refractivity contribution >= 4 is 5.82 Å². The first kappa shape index (κ1) is 7.55. The van der Waals surface area contributed by atoms with Gasteiger partial charge in [0, 0.05) is 12.2 Å². The lowest BCUT2D eigenvalue weighted by molar-refractivity contribution is 0.645. The fourth-order valence-corrected chi connectivity index (χ4v) is 1.59. The van der Waals surface area contributed by atoms with Gasteiger partial charge in [0.15, 0.2) is 0 Å². The van der Waals surface area contributed by atoms with E-state index >= 15 is 0 Å². The number of nitrogens with two attached hydrogens (primary N) is 1. The summed E-state index contributed by atoms with van der Waals surface area (Å²) in [6, 6.07) is 4.40. The maximum absolute atomic E-state index is 5.49. The van der Waals surface area contributed by atoms with Gasteiger partial charge in [-0.25, -0.2) is 4.98 Å². The molecule has 12 heavy (non-hydrogen) atoms. The standard InChI is InChI=1S/C9H13N3/c10-9-4-3-7(6-12-9)8-2-1-5-11-8/h3-4,6,8,11H,1-2,5H2,(H2,10,12). The van der Waals surface area contributed by atoms with Crippen LogP contribution in [0.4, 0.5) is 5.82 Å². The highest BCUT2D eigenvalue weighted by Crippen LogP contribution is 2.22. The Hall–Kier alpha value is -1.09. The number of hydrogen-bond donors (Lipinski definition) is 2. The van der Waals surface area contributed by atoms with Crippen molar-refractivity contribution in [2.75, 3.05) is 12.3 Å². The van der Waals surface area contributed by atoms with E-state index < -0.39 is 0 Å². The fraction of sp³-hybridized carbons (Fsp3) is 0.444. The molecule has 64 valence electrons. The van der Waals surface area contributed by atoms with Crippen molar-refractivity contribution in [3.63, 3.8) is 0 Å². The summed E-state index contributed by atoms with van der Waals surface area (Å²) in [5.74, 6) is 0.594. The first-order valence-electron chi connectivity index (χ1n) is 4.31. The lowest BCUT2D eigenvalue weighted by Crippen LogP contribution is -2.12. The summed E-state index contributed by atoms with van der Waals surface area (Å²) in [5, 5.41) is 3.41. The molecule has 1 aliphatic rings. The Morgan fingerprint density at radius 2 is 2.42 bits per heavy atom. The van der Waals surface area contributed by atoms with E-state index in [4.69, 9.17) is 5.73 Å². The summed E-state index contributed by atoms with van der Waals surface area (Å²) < 4.78 is 0. The zero-order chi connectivity index (χ0) is 8.39. The van der Waals surface area contributed by atoms with E-state index in [1.165, 1.54) is 18.4 Å². The SMILES string of the molecule is Nc1ccc(C2CCCN2)cn1. The van der Waals surface area contributed by atoms with Crippen LogP contribution in [0.3, 0.4) is 0 Å². The van der Waals surface area contributed by atoms with Gasteiger partial charge in [-0.3, -0.25) is 0 Å². The van der Waals surface area contributed by atoms with E-state index in [-0.39, 0.29) is 0 Å². The van der Waals surface area contributed by atoms with E-state index in [9.17, 15) is 0 Å². The van der Waals surface area contributed by atoms with Gasteiger partial charge in [0.2, 0.25) is 0 Å². The molecule has 1 aromatic rings. The van der Waals surface area contributed by atoms with Crippen LogP contribution in [0, 0.1) is 0 Å². The molecule has 3 heteroatoms. The number of rotatable bonds is 1. The van der Waals surface area contributed by atoms with Gasteiger partial charge in [0.25, 0.3) is 0 Å². The third kappa shape index (κ3) is 1.41. The first-order valence-corrected chi connectivity index (χ1v) is 4.31. The Morgan fingerprint density at radius 1 is 1.50 bits per heavy atom. The van der Waals surface area contributed by atoms with Crippen LogP contribution in [-0.4, -0.2) is 11.5 Å². The van der Waals surface area contributed by atoms with Gasteiger partial charge in [-0.05, 0) is 31.0 Å². The summed E-state index contributed by atoms with van der Waals surface area (Å²) in [4.78, 5) is 4.06. The van der Waals surface area contributed by atoms with Gasteiger partial charge in [-0.1, -0.05) is 6.07 Å². The molecule has 0 spiro atoms. The zero-order valence-corrected chi connectivity index (χ0v) is 6.96. The van der Waals surface area contributed by atoms with Gasteiger partial charge >= 0.3 is 0 Å². The Bertz CT molecular complexity index is 249. The van der Waals surface area contributed by atoms with Crippen molar-refractivity contribution in [2.24, 2.45) is 0 Å². The molecular formula is C9H13N3. The molecule has 1 fully saturated rings. The fourth-order valence-electron chi connectivity index (χ4n) is 1.59. The van der Waals surface area contributed by atoms with Crippen LogP contribution in [0.15, 0.2) is 18.3 Å². The molecule has 0 radical (unpaired) electrons. The van der Waals surface area contributed by atoms with E-state index in [0.717, 1.165) is 6.54 Å². The molecule has 1 atom stereocenters. The number of aromatic nitrogens is 1. The maximum Gasteiger partial charge on any atom is 0.123 e. The molecular weight excluding hydrogens is 150 g/mol. The van der Waals surface area contributed by atoms with Gasteiger partial charge in [-0.15, -0.1) is 0 Å². The van der Waals surface area contributed by atoms with Crippen LogP contribution >= 0.6 is 0 Å². The molecule has 3 nitrogen and oxygen atoms in total. The molecule has 1 aromatic heterocycles. The molecule has 2 rings (SSSR count). The highest BCUT2D eigenvalue weighted by molar-refractivity contribution is 5.30. The quantitative estimate of drug-likeness (QED) is 0.651. The third-order valence-electron chi connectivity index (χ3n) is 2.27. The average Bonchev–Trinajstić information content (AvgIpc) is 2.58. The maximum atomic E-state index is 5.49. The van der Waals surface area contributed by atoms with E-state index in [2.05, 4.69) is 10.3 Å². The summed E-state index contributed by atoms with van der Waals surface area (Å²) in [7, 11) is 0. The van der Waals surface area contributed by atoms with Gasteiger partial charge in [0.1, 0.15) is 5.82 Å². The largest absolute Gasteiger partial charge is 0.384 e. The minimum Gasteiger partial charge on any atom is -0.384 e. The monoisotopic (exact) mass is 163 g/mol. The molecule has 0 saturated carbocycles. The second-order valence-electron chi connectivity index (χ2n) is 3.17. The minimum absolute atomic E-state index is 0.498. The van der Waals surface area contributed by atoms with Gasteiger partial charge in [0.05, 0.1) is 0 Å². The minimum atomic E-state index is 0.498. The predicted molar refractivity (Wildman–Crippen MR) is 48.6 cm³/mol. The summed E-state index contributed by atoms with van der Waals surface area (Å²) >= 11 is 0. The Morgan fingerprint density at radius 3 is 3.00 bits per heavy atom. The number of nitrogen functional groups attached to an aromatic ring is 1. The molecule has 2 heterocycles. The number of nitrogens with zero attached hydrogens (tertiary/aromatic N) is 1. The molecule has 0 aliphatic carbocycles. The van der Waals surface area contributed by atoms with Crippen molar-refractivity contribution in [3.8, 4) is 0 Å². The van der Waals surface area contributed by atoms with Crippen LogP contribution in [0.5, 0.6) is 0 Å². The van der Waals surface area contributed by atoms with Crippen molar-refractivity contribution in [1.82, 2.24) is 10.3 Å². The number of anilines is 1. The van der Waals surface area contributed by atoms with Crippen LogP contribution in [0.25, 0.3) is 0 Å². The smallest absolute Gasteiger partial charge is 0.123 e. The number of hydrogen-bond acceptors (Lipinski definition) is 3. The summed E-state index contributed by atoms with van der Waals surface area (Å²) in [6.07, 6.45) is 4.33. The Kier molecular flexibility index (Phi) is 1.96. The normalized spacial score (nSPS) is 22.8. The lowest BCUT2D eigenvalue weighted by Gasteiger charge is -2.09. The summed E-state index contributed by atoms with van der Waals surface area (Å²) in [5.41, 5.74) is 6.75. The Balaban J connectivity index is 2.17. The molecule has 1 unspecified atom stereocenters. The van der Waals surface area contributed by atoms with Crippen LogP contribution in [0.1, 0.15) is 24.4 Å². The Labute approximate surface area is 72.0 Å². The highest BCUT2D eigenvalue weighted by atomic mass is 14.9. The molecule has 1 saturated heterocycles. The molecule has 0 amide bonds. The van der Waals surface area contributed by atoms with Crippen LogP contribution in [0.2, 0.25) is 0 Å². The first-order chi connectivity index (χ1) is 5.86. The van der Waals surface area contributed by atoms with E-state index in [0.29, 0.717) is 11.9 Å². The van der Waals surface area contributed by atoms with Crippen LogP contribution < -0.4 is 11.1 Å². The zero-order valence-electron chi connectivity index (χ0n) is 6.96. The van der Waals surface area contributed by atoms with Gasteiger partial charge < -0.3 is 11.1 Å². The predicted octanol–water partition coefficient (Wildman–Crippen LogP) is 1.09. The molecule has 1 aliphatic heterocycles. The highest BCUT2D eigenvalue weighted by Gasteiger charge is 2.15. The van der Waals surface area contributed by atoms with Crippen molar-refractivity contribution < 1.29 is 0 Å². The van der Waals surface area contributed by atoms with Crippen molar-refractivity contribution in [3.05, 3.63) is 23.9 Å². The van der Waals surface area contributed by atoms with Gasteiger partial charge in [-0.2, -0.15) is 0 Å². The third-order valence-corrected chi connectivity index (χ3v) is 2.27. The lowest BCUT2D eigenvalue weighted by atomic mass is 10.1. The average molecular weight is 163 g/mol. The second-order valence-corrected chi connectivity index (χ2v) is 3.17. The van der Waals surface area contributed by atoms with E-state index in [1.807, 2.05) is 18.3 Å². The number of pyridine rings is 1. The molecule has 0 aromatic carbocycles. The summed E-state index contributed by atoms with van der Waals surface area (Å²) in [6.45, 7) is 1.12. The molecule has 3 N–H and O–H groups in total. The van der Waals surface area contributed by atoms with Crippen molar-refractivity contribution in [1.29, 1.82) is 0 Å². The van der Waals surface area contributed by atoms with Crippen LogP contribution in [-0.2, 0) is 0 Å². The van der Waals surface area contributed by atoms with E-state index in [1.54, 1.807) is 0 Å². The topological polar surface area (TPSA) is 50.9 Å². The molecule has 0 bridgehead atoms.